The van der Waals surface area contributed by atoms with Crippen LogP contribution in [0, 0.1) is 5.82 Å². The van der Waals surface area contributed by atoms with Gasteiger partial charge in [0.15, 0.2) is 11.3 Å². The standard InChI is InChI=1S/C27H27FN12O2/c1-41-16-22-32-23(36-42-22)17-5-6-19(28)21(14-17)38-11-8-37(9-12-38)10-13-39-25-18(15-31-39)26-33-24(20-4-2-3-7-30-20)35-40(26)27(29)34-25/h2-7,14-15H,8-13,16H2,1H3,(H2,29,34). The minimum atomic E-state index is -0.287. The van der Waals surface area contributed by atoms with Crippen LogP contribution >= 0.6 is 0 Å². The van der Waals surface area contributed by atoms with Crippen molar-refractivity contribution in [1.29, 1.82) is 0 Å². The Kier molecular flexibility index (Phi) is 6.64. The van der Waals surface area contributed by atoms with Gasteiger partial charge in [-0.3, -0.25) is 9.88 Å². The van der Waals surface area contributed by atoms with E-state index in [1.807, 2.05) is 27.8 Å². The molecule has 1 saturated heterocycles. The summed E-state index contributed by atoms with van der Waals surface area (Å²) < 4.78 is 28.4. The van der Waals surface area contributed by atoms with Gasteiger partial charge in [-0.1, -0.05) is 11.2 Å². The van der Waals surface area contributed by atoms with E-state index in [1.165, 1.54) is 10.6 Å². The average molecular weight is 571 g/mol. The summed E-state index contributed by atoms with van der Waals surface area (Å²) >= 11 is 0. The predicted octanol–water partition coefficient (Wildman–Crippen LogP) is 2.28. The third-order valence-corrected chi connectivity index (χ3v) is 7.27. The monoisotopic (exact) mass is 570 g/mol. The molecule has 0 aliphatic carbocycles. The molecule has 0 unspecified atom stereocenters. The highest BCUT2D eigenvalue weighted by Crippen LogP contribution is 2.27. The van der Waals surface area contributed by atoms with Crippen LogP contribution < -0.4 is 10.6 Å². The number of rotatable bonds is 8. The van der Waals surface area contributed by atoms with E-state index in [1.54, 1.807) is 31.6 Å². The van der Waals surface area contributed by atoms with Crippen molar-refractivity contribution in [2.24, 2.45) is 0 Å². The van der Waals surface area contributed by atoms with Crippen molar-refractivity contribution in [1.82, 2.24) is 49.4 Å². The van der Waals surface area contributed by atoms with Crippen molar-refractivity contribution in [2.75, 3.05) is 50.5 Å². The average Bonchev–Trinajstić information content (AvgIpc) is 3.77. The number of hydrogen-bond acceptors (Lipinski definition) is 12. The van der Waals surface area contributed by atoms with E-state index in [4.69, 9.17) is 15.0 Å². The van der Waals surface area contributed by atoms with Crippen molar-refractivity contribution >= 4 is 28.3 Å². The Morgan fingerprint density at radius 2 is 1.88 bits per heavy atom. The number of pyridine rings is 1. The van der Waals surface area contributed by atoms with Crippen molar-refractivity contribution in [3.05, 3.63) is 60.5 Å². The summed E-state index contributed by atoms with van der Waals surface area (Å²) in [6, 6.07) is 10.4. The molecule has 5 aromatic heterocycles. The molecule has 1 fully saturated rings. The number of piperazine rings is 1. The van der Waals surface area contributed by atoms with Gasteiger partial charge in [0, 0.05) is 51.6 Å². The number of benzene rings is 1. The molecule has 0 bridgehead atoms. The molecule has 214 valence electrons. The summed E-state index contributed by atoms with van der Waals surface area (Å²) in [5.74, 6) is 1.18. The SMILES string of the molecule is COCc1nc(-c2ccc(F)c(N3CCN(CCn4ncc5c4nc(N)n4nc(-c6ccccn6)nc54)CC3)c2)no1. The molecular formula is C27H27FN12O2. The van der Waals surface area contributed by atoms with Gasteiger partial charge in [-0.25, -0.2) is 14.1 Å². The first-order chi connectivity index (χ1) is 20.6. The lowest BCUT2D eigenvalue weighted by atomic mass is 10.1. The fourth-order valence-electron chi connectivity index (χ4n) is 5.12. The van der Waals surface area contributed by atoms with Crippen LogP contribution in [0.2, 0.25) is 0 Å². The van der Waals surface area contributed by atoms with Crippen LogP contribution in [-0.4, -0.2) is 89.2 Å². The van der Waals surface area contributed by atoms with Gasteiger partial charge in [-0.15, -0.1) is 5.10 Å². The maximum atomic E-state index is 14.8. The van der Waals surface area contributed by atoms with Gasteiger partial charge in [0.2, 0.25) is 17.6 Å². The molecule has 14 nitrogen and oxygen atoms in total. The van der Waals surface area contributed by atoms with Crippen LogP contribution in [0.3, 0.4) is 0 Å². The molecule has 7 rings (SSSR count). The van der Waals surface area contributed by atoms with E-state index in [0.29, 0.717) is 65.4 Å². The van der Waals surface area contributed by atoms with E-state index in [2.05, 4.69) is 40.2 Å². The first-order valence-corrected chi connectivity index (χ1v) is 13.5. The van der Waals surface area contributed by atoms with Crippen LogP contribution in [0.15, 0.2) is 53.3 Å². The van der Waals surface area contributed by atoms with Gasteiger partial charge in [0.1, 0.15) is 18.1 Å². The summed E-state index contributed by atoms with van der Waals surface area (Å²) in [5.41, 5.74) is 9.33. The van der Waals surface area contributed by atoms with Crippen LogP contribution in [0.25, 0.3) is 39.6 Å². The van der Waals surface area contributed by atoms with Crippen LogP contribution in [-0.2, 0) is 17.9 Å². The Labute approximate surface area is 238 Å². The van der Waals surface area contributed by atoms with Crippen LogP contribution in [0.4, 0.5) is 16.0 Å². The van der Waals surface area contributed by atoms with Gasteiger partial charge in [0.25, 0.3) is 5.89 Å². The first-order valence-electron chi connectivity index (χ1n) is 13.5. The minimum Gasteiger partial charge on any atom is -0.375 e. The number of nitrogens with zero attached hydrogens (tertiary/aromatic N) is 11. The molecule has 0 saturated carbocycles. The third kappa shape index (κ3) is 4.77. The highest BCUT2D eigenvalue weighted by molar-refractivity contribution is 5.90. The second kappa shape index (κ2) is 10.8. The van der Waals surface area contributed by atoms with Gasteiger partial charge in [-0.2, -0.15) is 19.6 Å². The molecule has 1 aromatic carbocycles. The minimum absolute atomic E-state index is 0.221. The van der Waals surface area contributed by atoms with E-state index in [-0.39, 0.29) is 18.4 Å². The topological polar surface area (TPSA) is 154 Å². The van der Waals surface area contributed by atoms with E-state index in [0.717, 1.165) is 25.0 Å². The molecule has 0 radical (unpaired) electrons. The summed E-state index contributed by atoms with van der Waals surface area (Å²) in [6.45, 7) is 4.45. The number of ether oxygens (including phenoxy) is 1. The second-order valence-electron chi connectivity index (χ2n) is 9.90. The van der Waals surface area contributed by atoms with Crippen molar-refractivity contribution in [2.45, 2.75) is 13.2 Å². The smallest absolute Gasteiger partial charge is 0.252 e. The maximum absolute atomic E-state index is 14.8. The first kappa shape index (κ1) is 25.9. The molecule has 1 aliphatic heterocycles. The Balaban J connectivity index is 1.03. The third-order valence-electron chi connectivity index (χ3n) is 7.27. The quantitative estimate of drug-likeness (QED) is 0.285. The number of fused-ring (bicyclic) bond motifs is 3. The molecule has 6 aromatic rings. The van der Waals surface area contributed by atoms with Gasteiger partial charge in [0.05, 0.1) is 23.8 Å². The van der Waals surface area contributed by atoms with Crippen molar-refractivity contribution in [3.8, 4) is 22.9 Å². The van der Waals surface area contributed by atoms with Gasteiger partial charge in [-0.05, 0) is 30.3 Å². The number of nitrogen functional groups attached to an aromatic ring is 1. The fourth-order valence-corrected chi connectivity index (χ4v) is 5.12. The van der Waals surface area contributed by atoms with E-state index >= 15 is 0 Å². The number of halogens is 1. The molecule has 0 spiro atoms. The highest BCUT2D eigenvalue weighted by Gasteiger charge is 2.22. The Morgan fingerprint density at radius 3 is 2.69 bits per heavy atom. The summed E-state index contributed by atoms with van der Waals surface area (Å²) in [7, 11) is 1.55. The molecule has 42 heavy (non-hydrogen) atoms. The molecule has 6 heterocycles. The molecule has 1 aliphatic rings. The normalized spacial score (nSPS) is 14.4. The molecular weight excluding hydrogens is 543 g/mol. The zero-order valence-corrected chi connectivity index (χ0v) is 22.8. The largest absolute Gasteiger partial charge is 0.375 e. The van der Waals surface area contributed by atoms with Gasteiger partial charge >= 0.3 is 0 Å². The fraction of sp³-hybridized carbons (Fsp3) is 0.296. The van der Waals surface area contributed by atoms with Crippen LogP contribution in [0.5, 0.6) is 0 Å². The Bertz CT molecular complexity index is 1860. The van der Waals surface area contributed by atoms with Crippen molar-refractivity contribution < 1.29 is 13.7 Å². The lowest BCUT2D eigenvalue weighted by molar-refractivity contribution is 0.151. The summed E-state index contributed by atoms with van der Waals surface area (Å²) in [6.07, 6.45) is 3.43. The Morgan fingerprint density at radius 1 is 1.00 bits per heavy atom. The highest BCUT2D eigenvalue weighted by atomic mass is 19.1. The summed E-state index contributed by atoms with van der Waals surface area (Å²) in [5, 5.41) is 13.8. The molecule has 0 atom stereocenters. The zero-order chi connectivity index (χ0) is 28.6. The number of nitrogens with two attached hydrogens (primary N) is 1. The molecule has 2 N–H and O–H groups in total. The number of hydrogen-bond donors (Lipinski definition) is 1. The van der Waals surface area contributed by atoms with E-state index in [9.17, 15) is 4.39 Å². The summed E-state index contributed by atoms with van der Waals surface area (Å²) in [4.78, 5) is 22.2. The van der Waals surface area contributed by atoms with E-state index < -0.39 is 0 Å². The molecule has 0 amide bonds. The number of aromatic nitrogens is 9. The lowest BCUT2D eigenvalue weighted by Crippen LogP contribution is -2.47. The van der Waals surface area contributed by atoms with Crippen molar-refractivity contribution in [3.63, 3.8) is 0 Å². The number of anilines is 2. The van der Waals surface area contributed by atoms with Gasteiger partial charge < -0.3 is 19.9 Å². The van der Waals surface area contributed by atoms with Crippen LogP contribution in [0.1, 0.15) is 5.89 Å². The predicted molar refractivity (Wildman–Crippen MR) is 151 cm³/mol. The maximum Gasteiger partial charge on any atom is 0.252 e. The lowest BCUT2D eigenvalue weighted by Gasteiger charge is -2.36. The second-order valence-corrected chi connectivity index (χ2v) is 9.90. The Hall–Kier alpha value is -5.02. The number of methoxy groups -OCH3 is 1. The molecule has 15 heteroatoms. The zero-order valence-electron chi connectivity index (χ0n) is 22.8.